The number of aromatic nitrogens is 1. The lowest BCUT2D eigenvalue weighted by molar-refractivity contribution is 0.601. The van der Waals surface area contributed by atoms with E-state index in [9.17, 15) is 0 Å². The third-order valence-corrected chi connectivity index (χ3v) is 3.89. The third kappa shape index (κ3) is 3.26. The molecule has 1 aliphatic heterocycles. The summed E-state index contributed by atoms with van der Waals surface area (Å²) in [4.78, 5) is 5.85. The molecule has 0 spiro atoms. The molecule has 3 nitrogen and oxygen atoms in total. The number of nitrogens with zero attached hydrogens (tertiary/aromatic N) is 1. The first kappa shape index (κ1) is 11.0. The molecule has 84 valence electrons. The summed E-state index contributed by atoms with van der Waals surface area (Å²) in [6.45, 7) is 1.95. The molecule has 1 unspecified atom stereocenters. The van der Waals surface area contributed by atoms with Gasteiger partial charge in [0.05, 0.1) is 5.01 Å². The molecule has 2 rings (SSSR count). The maximum Gasteiger partial charge on any atom is 0.0943 e. The van der Waals surface area contributed by atoms with Gasteiger partial charge in [-0.2, -0.15) is 0 Å². The largest absolute Gasteiger partial charge is 0.330 e. The summed E-state index contributed by atoms with van der Waals surface area (Å²) in [5, 5.41) is 4.78. The predicted octanol–water partition coefficient (Wildman–Crippen LogP) is 1.33. The molecule has 0 amide bonds. The lowest BCUT2D eigenvalue weighted by atomic mass is 10.2. The van der Waals surface area contributed by atoms with Crippen LogP contribution in [0.4, 0.5) is 0 Å². The SMILES string of the molecule is NCCCc1cnc(CC2CCCN2)s1. The van der Waals surface area contributed by atoms with Crippen LogP contribution in [0.5, 0.6) is 0 Å². The molecule has 0 bridgehead atoms. The van der Waals surface area contributed by atoms with Crippen molar-refractivity contribution in [2.24, 2.45) is 5.73 Å². The minimum Gasteiger partial charge on any atom is -0.330 e. The van der Waals surface area contributed by atoms with Gasteiger partial charge in [0.25, 0.3) is 0 Å². The van der Waals surface area contributed by atoms with Crippen LogP contribution in [0.3, 0.4) is 0 Å². The summed E-state index contributed by atoms with van der Waals surface area (Å²) in [7, 11) is 0. The summed E-state index contributed by atoms with van der Waals surface area (Å²) in [6, 6.07) is 0.665. The highest BCUT2D eigenvalue weighted by molar-refractivity contribution is 7.11. The molecular weight excluding hydrogens is 206 g/mol. The molecule has 2 heterocycles. The fourth-order valence-electron chi connectivity index (χ4n) is 1.98. The Bertz CT molecular complexity index is 292. The molecule has 4 heteroatoms. The van der Waals surface area contributed by atoms with Crippen molar-refractivity contribution in [3.63, 3.8) is 0 Å². The van der Waals surface area contributed by atoms with E-state index >= 15 is 0 Å². The number of aryl methyl sites for hydroxylation is 1. The van der Waals surface area contributed by atoms with E-state index in [4.69, 9.17) is 5.73 Å². The predicted molar refractivity (Wildman–Crippen MR) is 64.2 cm³/mol. The van der Waals surface area contributed by atoms with Crippen molar-refractivity contribution in [3.8, 4) is 0 Å². The first-order chi connectivity index (χ1) is 7.38. The van der Waals surface area contributed by atoms with E-state index < -0.39 is 0 Å². The Kier molecular flexibility index (Phi) is 4.11. The van der Waals surface area contributed by atoms with E-state index in [-0.39, 0.29) is 0 Å². The van der Waals surface area contributed by atoms with Gasteiger partial charge in [0.2, 0.25) is 0 Å². The zero-order valence-corrected chi connectivity index (χ0v) is 9.85. The van der Waals surface area contributed by atoms with E-state index in [1.807, 2.05) is 17.5 Å². The maximum absolute atomic E-state index is 5.49. The molecule has 0 saturated carbocycles. The summed E-state index contributed by atoms with van der Waals surface area (Å²) < 4.78 is 0. The first-order valence-corrected chi connectivity index (χ1v) is 6.57. The lowest BCUT2D eigenvalue weighted by Gasteiger charge is -2.06. The second-order valence-electron chi connectivity index (χ2n) is 4.11. The van der Waals surface area contributed by atoms with E-state index in [2.05, 4.69) is 10.3 Å². The number of hydrogen-bond acceptors (Lipinski definition) is 4. The van der Waals surface area contributed by atoms with E-state index in [1.54, 1.807) is 0 Å². The number of rotatable bonds is 5. The molecule has 1 aromatic rings. The molecule has 1 fully saturated rings. The summed E-state index contributed by atoms with van der Waals surface area (Å²) in [6.07, 6.45) is 7.90. The Labute approximate surface area is 95.1 Å². The van der Waals surface area contributed by atoms with Gasteiger partial charge in [-0.1, -0.05) is 0 Å². The van der Waals surface area contributed by atoms with Gasteiger partial charge in [0.15, 0.2) is 0 Å². The Morgan fingerprint density at radius 2 is 2.53 bits per heavy atom. The van der Waals surface area contributed by atoms with Crippen LogP contribution < -0.4 is 11.1 Å². The molecule has 0 radical (unpaired) electrons. The van der Waals surface area contributed by atoms with Crippen LogP contribution in [0.15, 0.2) is 6.20 Å². The highest BCUT2D eigenvalue weighted by Crippen LogP contribution is 2.18. The van der Waals surface area contributed by atoms with Gasteiger partial charge >= 0.3 is 0 Å². The normalized spacial score (nSPS) is 21.0. The number of nitrogens with one attached hydrogen (secondary N) is 1. The molecule has 0 aliphatic carbocycles. The van der Waals surface area contributed by atoms with Gasteiger partial charge in [0.1, 0.15) is 0 Å². The van der Waals surface area contributed by atoms with Gasteiger partial charge in [-0.05, 0) is 38.8 Å². The van der Waals surface area contributed by atoms with Gasteiger partial charge in [-0.3, -0.25) is 0 Å². The average molecular weight is 225 g/mol. The molecule has 1 aromatic heterocycles. The highest BCUT2D eigenvalue weighted by atomic mass is 32.1. The molecule has 15 heavy (non-hydrogen) atoms. The van der Waals surface area contributed by atoms with Gasteiger partial charge in [-0.25, -0.2) is 4.98 Å². The fraction of sp³-hybridized carbons (Fsp3) is 0.727. The van der Waals surface area contributed by atoms with Crippen LogP contribution in [0.25, 0.3) is 0 Å². The summed E-state index contributed by atoms with van der Waals surface area (Å²) in [5.41, 5.74) is 5.49. The molecule has 1 saturated heterocycles. The fourth-order valence-corrected chi connectivity index (χ4v) is 3.02. The van der Waals surface area contributed by atoms with E-state index in [0.29, 0.717) is 6.04 Å². The van der Waals surface area contributed by atoms with Crippen molar-refractivity contribution >= 4 is 11.3 Å². The molecule has 3 N–H and O–H groups in total. The van der Waals surface area contributed by atoms with Crippen LogP contribution >= 0.6 is 11.3 Å². The minimum atomic E-state index is 0.665. The third-order valence-electron chi connectivity index (χ3n) is 2.81. The lowest BCUT2D eigenvalue weighted by Crippen LogP contribution is -2.23. The number of thiazole rings is 1. The molecule has 1 aliphatic rings. The van der Waals surface area contributed by atoms with Crippen molar-refractivity contribution in [1.29, 1.82) is 0 Å². The first-order valence-electron chi connectivity index (χ1n) is 5.75. The molecular formula is C11H19N3S. The minimum absolute atomic E-state index is 0.665. The van der Waals surface area contributed by atoms with Crippen LogP contribution in [0.2, 0.25) is 0 Å². The van der Waals surface area contributed by atoms with Crippen LogP contribution in [0.1, 0.15) is 29.1 Å². The smallest absolute Gasteiger partial charge is 0.0943 e. The Morgan fingerprint density at radius 3 is 3.27 bits per heavy atom. The standard InChI is InChI=1S/C11H19N3S/c12-5-1-4-10-8-14-11(15-10)7-9-3-2-6-13-9/h8-9,13H,1-7,12H2. The van der Waals surface area contributed by atoms with E-state index in [1.165, 1.54) is 29.3 Å². The van der Waals surface area contributed by atoms with Crippen LogP contribution in [-0.4, -0.2) is 24.1 Å². The topological polar surface area (TPSA) is 50.9 Å². The number of nitrogens with two attached hydrogens (primary N) is 1. The van der Waals surface area contributed by atoms with Crippen molar-refractivity contribution in [3.05, 3.63) is 16.1 Å². The van der Waals surface area contributed by atoms with Crippen molar-refractivity contribution < 1.29 is 0 Å². The summed E-state index contributed by atoms with van der Waals surface area (Å²) in [5.74, 6) is 0. The van der Waals surface area contributed by atoms with Crippen LogP contribution in [-0.2, 0) is 12.8 Å². The molecule has 1 atom stereocenters. The van der Waals surface area contributed by atoms with Gasteiger partial charge < -0.3 is 11.1 Å². The highest BCUT2D eigenvalue weighted by Gasteiger charge is 2.15. The van der Waals surface area contributed by atoms with Crippen molar-refractivity contribution in [2.75, 3.05) is 13.1 Å². The number of hydrogen-bond donors (Lipinski definition) is 2. The van der Waals surface area contributed by atoms with Gasteiger partial charge in [0, 0.05) is 23.5 Å². The maximum atomic E-state index is 5.49. The monoisotopic (exact) mass is 225 g/mol. The Morgan fingerprint density at radius 1 is 1.60 bits per heavy atom. The summed E-state index contributed by atoms with van der Waals surface area (Å²) >= 11 is 1.85. The van der Waals surface area contributed by atoms with Crippen molar-refractivity contribution in [1.82, 2.24) is 10.3 Å². The van der Waals surface area contributed by atoms with Crippen LogP contribution in [0, 0.1) is 0 Å². The Hall–Kier alpha value is -0.450. The average Bonchev–Trinajstić information content (AvgIpc) is 2.87. The second kappa shape index (κ2) is 5.58. The van der Waals surface area contributed by atoms with Crippen molar-refractivity contribution in [2.45, 2.75) is 38.1 Å². The zero-order chi connectivity index (χ0) is 10.5. The molecule has 0 aromatic carbocycles. The Balaban J connectivity index is 1.83. The second-order valence-corrected chi connectivity index (χ2v) is 5.31. The van der Waals surface area contributed by atoms with E-state index in [0.717, 1.165) is 25.8 Å². The van der Waals surface area contributed by atoms with Gasteiger partial charge in [-0.15, -0.1) is 11.3 Å². The quantitative estimate of drug-likeness (QED) is 0.795. The zero-order valence-electron chi connectivity index (χ0n) is 9.04.